The standard InChI is InChI=1S/C20H23NO/c1-4-5-6-7-17-9-11-18(12-10-17)20(22)21-19-13-8-15(2)14-16(19)3/h6-14H,4-5H2,1-3H3,(H,21,22). The summed E-state index contributed by atoms with van der Waals surface area (Å²) >= 11 is 0. The van der Waals surface area contributed by atoms with Crippen LogP contribution in [0.3, 0.4) is 0 Å². The summed E-state index contributed by atoms with van der Waals surface area (Å²) < 4.78 is 0. The zero-order valence-corrected chi connectivity index (χ0v) is 13.5. The van der Waals surface area contributed by atoms with Gasteiger partial charge in [0, 0.05) is 11.3 Å². The van der Waals surface area contributed by atoms with E-state index in [1.165, 1.54) is 5.56 Å². The van der Waals surface area contributed by atoms with Gasteiger partial charge in [-0.05, 0) is 49.6 Å². The van der Waals surface area contributed by atoms with Crippen molar-refractivity contribution >= 4 is 17.7 Å². The van der Waals surface area contributed by atoms with Crippen molar-refractivity contribution < 1.29 is 4.79 Å². The van der Waals surface area contributed by atoms with E-state index in [4.69, 9.17) is 0 Å². The first-order valence-electron chi connectivity index (χ1n) is 7.75. The molecule has 2 heteroatoms. The van der Waals surface area contributed by atoms with E-state index in [1.54, 1.807) is 0 Å². The van der Waals surface area contributed by atoms with E-state index in [9.17, 15) is 4.79 Å². The van der Waals surface area contributed by atoms with Crippen molar-refractivity contribution in [3.8, 4) is 0 Å². The summed E-state index contributed by atoms with van der Waals surface area (Å²) in [5, 5.41) is 2.97. The van der Waals surface area contributed by atoms with Crippen LogP contribution < -0.4 is 5.32 Å². The summed E-state index contributed by atoms with van der Waals surface area (Å²) in [5.74, 6) is -0.0731. The first kappa shape index (κ1) is 16.0. The van der Waals surface area contributed by atoms with Gasteiger partial charge in [-0.3, -0.25) is 4.79 Å². The highest BCUT2D eigenvalue weighted by Gasteiger charge is 2.07. The number of allylic oxidation sites excluding steroid dienone is 1. The molecule has 0 spiro atoms. The van der Waals surface area contributed by atoms with Gasteiger partial charge in [0.15, 0.2) is 0 Å². The molecule has 0 bridgehead atoms. The third-order valence-corrected chi connectivity index (χ3v) is 3.57. The van der Waals surface area contributed by atoms with Crippen molar-refractivity contribution in [2.24, 2.45) is 0 Å². The summed E-state index contributed by atoms with van der Waals surface area (Å²) in [6.07, 6.45) is 6.47. The molecule has 0 saturated carbocycles. The van der Waals surface area contributed by atoms with E-state index in [0.717, 1.165) is 29.7 Å². The van der Waals surface area contributed by atoms with Crippen molar-refractivity contribution in [3.05, 3.63) is 70.8 Å². The van der Waals surface area contributed by atoms with E-state index in [2.05, 4.69) is 30.5 Å². The number of nitrogens with one attached hydrogen (secondary N) is 1. The van der Waals surface area contributed by atoms with Crippen LogP contribution in [0.1, 0.15) is 46.8 Å². The molecule has 1 N–H and O–H groups in total. The molecule has 114 valence electrons. The normalized spacial score (nSPS) is 10.9. The van der Waals surface area contributed by atoms with Crippen LogP contribution in [-0.4, -0.2) is 5.91 Å². The Morgan fingerprint density at radius 2 is 1.82 bits per heavy atom. The number of unbranched alkanes of at least 4 members (excludes halogenated alkanes) is 1. The summed E-state index contributed by atoms with van der Waals surface area (Å²) in [6.45, 7) is 6.21. The first-order valence-corrected chi connectivity index (χ1v) is 7.75. The minimum Gasteiger partial charge on any atom is -0.322 e. The molecular weight excluding hydrogens is 270 g/mol. The molecule has 22 heavy (non-hydrogen) atoms. The Morgan fingerprint density at radius 3 is 2.45 bits per heavy atom. The molecule has 0 radical (unpaired) electrons. The fourth-order valence-electron chi connectivity index (χ4n) is 2.28. The average molecular weight is 293 g/mol. The highest BCUT2D eigenvalue weighted by molar-refractivity contribution is 6.04. The lowest BCUT2D eigenvalue weighted by Gasteiger charge is -2.09. The molecule has 1 amide bonds. The van der Waals surface area contributed by atoms with E-state index in [-0.39, 0.29) is 5.91 Å². The highest BCUT2D eigenvalue weighted by atomic mass is 16.1. The molecule has 0 fully saturated rings. The fraction of sp³-hybridized carbons (Fsp3) is 0.250. The van der Waals surface area contributed by atoms with Crippen LogP contribution in [-0.2, 0) is 0 Å². The third-order valence-electron chi connectivity index (χ3n) is 3.57. The molecular formula is C20H23NO. The van der Waals surface area contributed by atoms with Crippen LogP contribution in [0.4, 0.5) is 5.69 Å². The molecule has 2 aromatic rings. The summed E-state index contributed by atoms with van der Waals surface area (Å²) in [7, 11) is 0. The van der Waals surface area contributed by atoms with Gasteiger partial charge in [0.1, 0.15) is 0 Å². The van der Waals surface area contributed by atoms with Crippen LogP contribution in [0.15, 0.2) is 48.5 Å². The molecule has 2 rings (SSSR count). The maximum absolute atomic E-state index is 12.3. The van der Waals surface area contributed by atoms with Crippen molar-refractivity contribution in [1.82, 2.24) is 0 Å². The van der Waals surface area contributed by atoms with E-state index >= 15 is 0 Å². The molecule has 0 aliphatic carbocycles. The first-order chi connectivity index (χ1) is 10.6. The summed E-state index contributed by atoms with van der Waals surface area (Å²) in [5.41, 5.74) is 4.93. The quantitative estimate of drug-likeness (QED) is 0.789. The maximum Gasteiger partial charge on any atom is 0.255 e. The molecule has 2 nitrogen and oxygen atoms in total. The summed E-state index contributed by atoms with van der Waals surface area (Å²) in [4.78, 5) is 12.3. The monoisotopic (exact) mass is 293 g/mol. The van der Waals surface area contributed by atoms with E-state index in [0.29, 0.717) is 5.56 Å². The number of benzene rings is 2. The van der Waals surface area contributed by atoms with Gasteiger partial charge in [0.25, 0.3) is 5.91 Å². The van der Waals surface area contributed by atoms with Crippen molar-refractivity contribution in [2.45, 2.75) is 33.6 Å². The second-order valence-corrected chi connectivity index (χ2v) is 5.59. The van der Waals surface area contributed by atoms with Crippen LogP contribution in [0, 0.1) is 13.8 Å². The van der Waals surface area contributed by atoms with Gasteiger partial charge in [-0.2, -0.15) is 0 Å². The number of carbonyl (C=O) groups is 1. The number of aryl methyl sites for hydroxylation is 2. The lowest BCUT2D eigenvalue weighted by atomic mass is 10.1. The second-order valence-electron chi connectivity index (χ2n) is 5.59. The molecule has 0 saturated heterocycles. The highest BCUT2D eigenvalue weighted by Crippen LogP contribution is 2.17. The Kier molecular flexibility index (Phi) is 5.54. The second kappa shape index (κ2) is 7.60. The SMILES string of the molecule is CCCC=Cc1ccc(C(=O)Nc2ccc(C)cc2C)cc1. The number of carbonyl (C=O) groups excluding carboxylic acids is 1. The molecule has 0 atom stereocenters. The van der Waals surface area contributed by atoms with Crippen molar-refractivity contribution in [3.63, 3.8) is 0 Å². The molecule has 0 aliphatic rings. The number of amides is 1. The van der Waals surface area contributed by atoms with Crippen molar-refractivity contribution in [2.75, 3.05) is 5.32 Å². The smallest absolute Gasteiger partial charge is 0.255 e. The van der Waals surface area contributed by atoms with Gasteiger partial charge >= 0.3 is 0 Å². The topological polar surface area (TPSA) is 29.1 Å². The zero-order valence-electron chi connectivity index (χ0n) is 13.5. The van der Waals surface area contributed by atoms with E-state index in [1.807, 2.05) is 50.2 Å². The van der Waals surface area contributed by atoms with E-state index < -0.39 is 0 Å². The lowest BCUT2D eigenvalue weighted by molar-refractivity contribution is 0.102. The molecule has 0 aromatic heterocycles. The Labute approximate surface area is 132 Å². The summed E-state index contributed by atoms with van der Waals surface area (Å²) in [6, 6.07) is 13.7. The van der Waals surface area contributed by atoms with Crippen LogP contribution in [0.2, 0.25) is 0 Å². The average Bonchev–Trinajstić information content (AvgIpc) is 2.51. The van der Waals surface area contributed by atoms with Crippen LogP contribution in [0.25, 0.3) is 6.08 Å². The van der Waals surface area contributed by atoms with Gasteiger partial charge in [0.05, 0.1) is 0 Å². The van der Waals surface area contributed by atoms with Gasteiger partial charge in [-0.25, -0.2) is 0 Å². The maximum atomic E-state index is 12.3. The number of rotatable bonds is 5. The minimum atomic E-state index is -0.0731. The minimum absolute atomic E-state index is 0.0731. The third kappa shape index (κ3) is 4.32. The van der Waals surface area contributed by atoms with Crippen LogP contribution >= 0.6 is 0 Å². The van der Waals surface area contributed by atoms with Gasteiger partial charge < -0.3 is 5.32 Å². The van der Waals surface area contributed by atoms with Crippen LogP contribution in [0.5, 0.6) is 0 Å². The largest absolute Gasteiger partial charge is 0.322 e. The van der Waals surface area contributed by atoms with Gasteiger partial charge in [-0.1, -0.05) is 55.3 Å². The Hall–Kier alpha value is -2.35. The number of hydrogen-bond acceptors (Lipinski definition) is 1. The predicted octanol–water partition coefficient (Wildman–Crippen LogP) is 5.37. The lowest BCUT2D eigenvalue weighted by Crippen LogP contribution is -2.12. The Morgan fingerprint density at radius 1 is 1.09 bits per heavy atom. The molecule has 0 unspecified atom stereocenters. The molecule has 0 aliphatic heterocycles. The van der Waals surface area contributed by atoms with Gasteiger partial charge in [-0.15, -0.1) is 0 Å². The van der Waals surface area contributed by atoms with Gasteiger partial charge in [0.2, 0.25) is 0 Å². The predicted molar refractivity (Wildman–Crippen MR) is 94.3 cm³/mol. The Bertz CT molecular complexity index is 669. The zero-order chi connectivity index (χ0) is 15.9. The molecule has 0 heterocycles. The van der Waals surface area contributed by atoms with Crippen molar-refractivity contribution in [1.29, 1.82) is 0 Å². The fourth-order valence-corrected chi connectivity index (χ4v) is 2.28. The number of anilines is 1. The number of hydrogen-bond donors (Lipinski definition) is 1. The Balaban J connectivity index is 2.06. The molecule has 2 aromatic carbocycles.